The van der Waals surface area contributed by atoms with Gasteiger partial charge in [0, 0.05) is 11.0 Å². The molecule has 174 valence electrons. The van der Waals surface area contributed by atoms with Crippen LogP contribution in [0.15, 0.2) is 16.3 Å². The van der Waals surface area contributed by atoms with Crippen molar-refractivity contribution in [1.29, 1.82) is 0 Å². The first kappa shape index (κ1) is 23.2. The summed E-state index contributed by atoms with van der Waals surface area (Å²) >= 11 is 0. The largest absolute Gasteiger partial charge is 0.0906 e. The summed E-state index contributed by atoms with van der Waals surface area (Å²) in [7, 11) is 0. The zero-order chi connectivity index (χ0) is 22.4. The Morgan fingerprint density at radius 1 is 1.00 bits per heavy atom. The Hall–Kier alpha value is -0.950. The molecule has 0 amide bonds. The van der Waals surface area contributed by atoms with Crippen LogP contribution >= 0.6 is 0 Å². The van der Waals surface area contributed by atoms with E-state index in [1.807, 2.05) is 11.1 Å². The van der Waals surface area contributed by atoms with Gasteiger partial charge in [0.1, 0.15) is 0 Å². The normalized spacial score (nSPS) is 41.8. The first-order valence-electron chi connectivity index (χ1n) is 13.5. The molecule has 3 saturated carbocycles. The van der Waals surface area contributed by atoms with Crippen LogP contribution in [0.25, 0.3) is 10.4 Å². The Morgan fingerprint density at radius 3 is 2.48 bits per heavy atom. The van der Waals surface area contributed by atoms with Gasteiger partial charge in [0.15, 0.2) is 0 Å². The molecule has 0 unspecified atom stereocenters. The van der Waals surface area contributed by atoms with Crippen LogP contribution in [0.5, 0.6) is 0 Å². The molecule has 8 atom stereocenters. The second-order valence-electron chi connectivity index (χ2n) is 12.8. The maximum atomic E-state index is 8.91. The van der Waals surface area contributed by atoms with E-state index in [1.165, 1.54) is 57.8 Å². The molecule has 4 rings (SSSR count). The molecule has 4 aliphatic carbocycles. The van der Waals surface area contributed by atoms with Crippen molar-refractivity contribution >= 4 is 0 Å². The van der Waals surface area contributed by atoms with Gasteiger partial charge in [0.25, 0.3) is 0 Å². The maximum Gasteiger partial charge on any atom is 0.0377 e. The molecule has 0 spiro atoms. The summed E-state index contributed by atoms with van der Waals surface area (Å²) in [5.74, 6) is 4.96. The van der Waals surface area contributed by atoms with Crippen LogP contribution in [0.3, 0.4) is 0 Å². The van der Waals surface area contributed by atoms with Gasteiger partial charge < -0.3 is 0 Å². The van der Waals surface area contributed by atoms with E-state index in [0.29, 0.717) is 10.8 Å². The van der Waals surface area contributed by atoms with Crippen molar-refractivity contribution in [3.63, 3.8) is 0 Å². The zero-order valence-corrected chi connectivity index (χ0v) is 21.2. The van der Waals surface area contributed by atoms with Crippen LogP contribution in [0.2, 0.25) is 0 Å². The molecule has 3 fully saturated rings. The van der Waals surface area contributed by atoms with Crippen molar-refractivity contribution in [2.75, 3.05) is 0 Å². The summed E-state index contributed by atoms with van der Waals surface area (Å²) in [5, 5.41) is 4.11. The Labute approximate surface area is 191 Å². The molecule has 3 heteroatoms. The lowest BCUT2D eigenvalue weighted by Gasteiger charge is -2.57. The van der Waals surface area contributed by atoms with E-state index in [0.717, 1.165) is 48.3 Å². The molecule has 31 heavy (non-hydrogen) atoms. The SMILES string of the molecule is CC(C)[C@@H](C)CC[C@@H](C)[C@H]1CCC2=C3CC[C@H]4C[C@H](N=[N+]=[N-])CC[C@]4(C)[C@H]3CC[C@@]21C. The molecule has 0 N–H and O–H groups in total. The molecular formula is C28H47N3. The molecule has 0 bridgehead atoms. The fourth-order valence-corrected chi connectivity index (χ4v) is 8.66. The van der Waals surface area contributed by atoms with Crippen molar-refractivity contribution in [2.45, 2.75) is 118 Å². The quantitative estimate of drug-likeness (QED) is 0.176. The summed E-state index contributed by atoms with van der Waals surface area (Å²) in [4.78, 5) is 3.13. The number of hydrogen-bond acceptors (Lipinski definition) is 1. The second-order valence-corrected chi connectivity index (χ2v) is 12.8. The summed E-state index contributed by atoms with van der Waals surface area (Å²) in [5.41, 5.74) is 13.6. The highest BCUT2D eigenvalue weighted by Crippen LogP contribution is 2.66. The van der Waals surface area contributed by atoms with Crippen molar-refractivity contribution < 1.29 is 0 Å². The number of allylic oxidation sites excluding steroid dienone is 2. The summed E-state index contributed by atoms with van der Waals surface area (Å²) < 4.78 is 0. The van der Waals surface area contributed by atoms with Crippen molar-refractivity contribution in [1.82, 2.24) is 0 Å². The van der Waals surface area contributed by atoms with Gasteiger partial charge in [-0.2, -0.15) is 0 Å². The number of rotatable bonds is 6. The lowest BCUT2D eigenvalue weighted by Crippen LogP contribution is -2.48. The van der Waals surface area contributed by atoms with Crippen molar-refractivity contribution in [3.05, 3.63) is 21.6 Å². The van der Waals surface area contributed by atoms with Crippen molar-refractivity contribution in [2.24, 2.45) is 51.5 Å². The van der Waals surface area contributed by atoms with E-state index in [9.17, 15) is 0 Å². The highest BCUT2D eigenvalue weighted by atomic mass is 15.1. The van der Waals surface area contributed by atoms with Crippen LogP contribution in [0, 0.1) is 46.3 Å². The predicted molar refractivity (Wildman–Crippen MR) is 131 cm³/mol. The standard InChI is InChI=1S/C28H47N3/c1-18(2)19(3)7-8-20(4)24-11-12-25-23-10-9-21-17-22(30-31-29)13-15-27(21,5)26(23)14-16-28(24,25)6/h18-22,24,26H,7-17H2,1-6H3/t19-,20+,21-,22+,24+,26-,27-,28+/m0/s1. The minimum atomic E-state index is 0.246. The molecule has 0 saturated heterocycles. The lowest BCUT2D eigenvalue weighted by atomic mass is 9.48. The van der Waals surface area contributed by atoms with E-state index >= 15 is 0 Å². The molecule has 0 aromatic carbocycles. The molecular weight excluding hydrogens is 378 g/mol. The van der Waals surface area contributed by atoms with E-state index in [1.54, 1.807) is 0 Å². The number of hydrogen-bond donors (Lipinski definition) is 0. The van der Waals surface area contributed by atoms with Gasteiger partial charge in [-0.25, -0.2) is 0 Å². The van der Waals surface area contributed by atoms with Gasteiger partial charge >= 0.3 is 0 Å². The van der Waals surface area contributed by atoms with Crippen LogP contribution in [-0.4, -0.2) is 6.04 Å². The fraction of sp³-hybridized carbons (Fsp3) is 0.929. The third-order valence-electron chi connectivity index (χ3n) is 11.2. The molecule has 0 radical (unpaired) electrons. The average molecular weight is 426 g/mol. The molecule has 0 heterocycles. The highest BCUT2D eigenvalue weighted by Gasteiger charge is 2.55. The topological polar surface area (TPSA) is 48.8 Å². The van der Waals surface area contributed by atoms with E-state index < -0.39 is 0 Å². The van der Waals surface area contributed by atoms with Gasteiger partial charge in [0.05, 0.1) is 0 Å². The smallest absolute Gasteiger partial charge is 0.0377 e. The van der Waals surface area contributed by atoms with Gasteiger partial charge in [-0.1, -0.05) is 70.6 Å². The molecule has 0 aromatic heterocycles. The average Bonchev–Trinajstić information content (AvgIpc) is 3.09. The van der Waals surface area contributed by atoms with E-state index in [-0.39, 0.29) is 6.04 Å². The Morgan fingerprint density at radius 2 is 1.77 bits per heavy atom. The summed E-state index contributed by atoms with van der Waals surface area (Å²) in [6, 6.07) is 0.246. The van der Waals surface area contributed by atoms with Crippen molar-refractivity contribution in [3.8, 4) is 0 Å². The molecule has 4 aliphatic rings. The first-order chi connectivity index (χ1) is 14.7. The van der Waals surface area contributed by atoms with Crippen LogP contribution in [0.1, 0.15) is 112 Å². The predicted octanol–water partition coefficient (Wildman–Crippen LogP) is 9.10. The molecule has 3 nitrogen and oxygen atoms in total. The van der Waals surface area contributed by atoms with E-state index in [2.05, 4.69) is 51.6 Å². The number of azide groups is 1. The Kier molecular flexibility index (Phi) is 6.57. The van der Waals surface area contributed by atoms with E-state index in [4.69, 9.17) is 5.53 Å². The minimum Gasteiger partial charge on any atom is -0.0906 e. The summed E-state index contributed by atoms with van der Waals surface area (Å²) in [6.45, 7) is 15.0. The maximum absolute atomic E-state index is 8.91. The fourth-order valence-electron chi connectivity index (χ4n) is 8.66. The molecule has 0 aliphatic heterocycles. The second kappa shape index (κ2) is 8.77. The Bertz CT molecular complexity index is 747. The third-order valence-corrected chi connectivity index (χ3v) is 11.2. The minimum absolute atomic E-state index is 0.246. The van der Waals surface area contributed by atoms with Gasteiger partial charge in [-0.05, 0) is 110 Å². The van der Waals surface area contributed by atoms with Gasteiger partial charge in [0.2, 0.25) is 0 Å². The summed E-state index contributed by atoms with van der Waals surface area (Å²) in [6.07, 6.45) is 14.6. The highest BCUT2D eigenvalue weighted by molar-refractivity contribution is 5.34. The molecule has 0 aromatic rings. The zero-order valence-electron chi connectivity index (χ0n) is 21.2. The van der Waals surface area contributed by atoms with Crippen LogP contribution in [0.4, 0.5) is 0 Å². The monoisotopic (exact) mass is 425 g/mol. The Balaban J connectivity index is 1.52. The number of fused-ring (bicyclic) bond motifs is 4. The first-order valence-corrected chi connectivity index (χ1v) is 13.5. The van der Waals surface area contributed by atoms with Crippen LogP contribution < -0.4 is 0 Å². The van der Waals surface area contributed by atoms with Gasteiger partial charge in [-0.3, -0.25) is 0 Å². The van der Waals surface area contributed by atoms with Gasteiger partial charge in [-0.15, -0.1) is 0 Å². The lowest BCUT2D eigenvalue weighted by molar-refractivity contribution is 0.00337. The van der Waals surface area contributed by atoms with Crippen LogP contribution in [-0.2, 0) is 0 Å². The number of nitrogens with zero attached hydrogens (tertiary/aromatic N) is 3. The third kappa shape index (κ3) is 3.98.